The molecule has 0 aliphatic carbocycles. The van der Waals surface area contributed by atoms with Gasteiger partial charge >= 0.3 is 0 Å². The van der Waals surface area contributed by atoms with Crippen LogP contribution in [-0.4, -0.2) is 30.1 Å². The lowest BCUT2D eigenvalue weighted by Crippen LogP contribution is -2.58. The van der Waals surface area contributed by atoms with E-state index in [1.807, 2.05) is 0 Å². The molecule has 102 valence electrons. The fourth-order valence-corrected chi connectivity index (χ4v) is 4.75. The van der Waals surface area contributed by atoms with Gasteiger partial charge in [0.15, 0.2) is 0 Å². The van der Waals surface area contributed by atoms with Gasteiger partial charge in [0.25, 0.3) is 0 Å². The molecule has 2 aliphatic heterocycles. The lowest BCUT2D eigenvalue weighted by molar-refractivity contribution is 0.120. The summed E-state index contributed by atoms with van der Waals surface area (Å²) in [5.74, 6) is 0. The summed E-state index contributed by atoms with van der Waals surface area (Å²) >= 11 is 11.3. The third kappa shape index (κ3) is 3.41. The van der Waals surface area contributed by atoms with Crippen molar-refractivity contribution in [1.29, 1.82) is 0 Å². The first-order valence-corrected chi connectivity index (χ1v) is 8.11. The molecular weight excluding hydrogens is 355 g/mol. The molecule has 6 heteroatoms. The Labute approximate surface area is 132 Å². The Kier molecular flexibility index (Phi) is 5.38. The van der Waals surface area contributed by atoms with Crippen LogP contribution in [0, 0.1) is 0 Å². The second kappa shape index (κ2) is 6.42. The first kappa shape index (κ1) is 15.1. The molecule has 18 heavy (non-hydrogen) atoms. The van der Waals surface area contributed by atoms with Gasteiger partial charge in [-0.3, -0.25) is 4.90 Å². The van der Waals surface area contributed by atoms with E-state index in [1.165, 1.54) is 37.2 Å². The van der Waals surface area contributed by atoms with Gasteiger partial charge in [0.1, 0.15) is 4.34 Å². The Bertz CT molecular complexity index is 381. The average Bonchev–Trinajstić information content (AvgIpc) is 2.57. The molecule has 2 fully saturated rings. The van der Waals surface area contributed by atoms with Crippen LogP contribution in [0.4, 0.5) is 0 Å². The third-order valence-electron chi connectivity index (χ3n) is 3.61. The van der Waals surface area contributed by atoms with Crippen LogP contribution in [0.25, 0.3) is 0 Å². The molecule has 0 aromatic carbocycles. The molecule has 2 unspecified atom stereocenters. The van der Waals surface area contributed by atoms with Crippen LogP contribution < -0.4 is 5.32 Å². The van der Waals surface area contributed by atoms with Gasteiger partial charge in [-0.05, 0) is 34.8 Å². The maximum atomic E-state index is 6.08. The second-order valence-corrected chi connectivity index (χ2v) is 7.61. The molecule has 0 spiro atoms. The number of nitrogens with one attached hydrogen (secondary N) is 1. The lowest BCUT2D eigenvalue weighted by Gasteiger charge is -2.42. The highest BCUT2D eigenvalue weighted by Gasteiger charge is 2.29. The highest BCUT2D eigenvalue weighted by Crippen LogP contribution is 2.33. The number of nitrogens with zero attached hydrogens (tertiary/aromatic N) is 1. The van der Waals surface area contributed by atoms with Crippen molar-refractivity contribution in [3.63, 3.8) is 0 Å². The Morgan fingerprint density at radius 3 is 2.61 bits per heavy atom. The van der Waals surface area contributed by atoms with Crippen LogP contribution in [0.3, 0.4) is 0 Å². The predicted octanol–water partition coefficient (Wildman–Crippen LogP) is 3.91. The van der Waals surface area contributed by atoms with Crippen molar-refractivity contribution in [3.05, 3.63) is 19.8 Å². The maximum absolute atomic E-state index is 6.08. The van der Waals surface area contributed by atoms with E-state index in [-0.39, 0.29) is 12.4 Å². The molecule has 2 saturated heterocycles. The number of piperidine rings is 1. The third-order valence-corrected chi connectivity index (χ3v) is 6.07. The average molecular weight is 372 g/mol. The summed E-state index contributed by atoms with van der Waals surface area (Å²) in [5, 5.41) is 3.71. The second-order valence-electron chi connectivity index (χ2n) is 5.02. The Hall–Kier alpha value is 0.680. The zero-order chi connectivity index (χ0) is 11.8. The summed E-state index contributed by atoms with van der Waals surface area (Å²) in [6, 6.07) is 3.58. The minimum absolute atomic E-state index is 0. The highest BCUT2D eigenvalue weighted by atomic mass is 79.9. The zero-order valence-electron chi connectivity index (χ0n) is 9.99. The molecule has 2 nitrogen and oxygen atoms in total. The maximum Gasteiger partial charge on any atom is 0.107 e. The van der Waals surface area contributed by atoms with Gasteiger partial charge in [0.05, 0.1) is 0 Å². The van der Waals surface area contributed by atoms with E-state index in [4.69, 9.17) is 11.6 Å². The summed E-state index contributed by atoms with van der Waals surface area (Å²) in [6.07, 6.45) is 4.07. The molecule has 1 aromatic heterocycles. The number of hydrogen-bond donors (Lipinski definition) is 1. The fraction of sp³-hybridized carbons (Fsp3) is 0.667. The lowest BCUT2D eigenvalue weighted by atomic mass is 9.94. The molecule has 1 N–H and O–H groups in total. The summed E-state index contributed by atoms with van der Waals surface area (Å²) in [4.78, 5) is 3.93. The largest absolute Gasteiger partial charge is 0.309 e. The molecule has 2 aliphatic rings. The van der Waals surface area contributed by atoms with Crippen LogP contribution in [-0.2, 0) is 6.54 Å². The van der Waals surface area contributed by atoms with E-state index in [9.17, 15) is 0 Å². The van der Waals surface area contributed by atoms with E-state index in [2.05, 4.69) is 32.2 Å². The number of thiophene rings is 1. The van der Waals surface area contributed by atoms with E-state index in [0.717, 1.165) is 15.4 Å². The van der Waals surface area contributed by atoms with Gasteiger partial charge in [0, 0.05) is 41.1 Å². The molecular formula is C12H17BrCl2N2S. The molecule has 2 bridgehead atoms. The zero-order valence-corrected chi connectivity index (χ0v) is 14.0. The first-order valence-electron chi connectivity index (χ1n) is 6.13. The van der Waals surface area contributed by atoms with Crippen LogP contribution >= 0.6 is 51.3 Å². The number of fused-ring (bicyclic) bond motifs is 2. The van der Waals surface area contributed by atoms with Crippen LogP contribution in [0.1, 0.15) is 24.1 Å². The Morgan fingerprint density at radius 2 is 2.06 bits per heavy atom. The van der Waals surface area contributed by atoms with Gasteiger partial charge in [-0.15, -0.1) is 23.7 Å². The summed E-state index contributed by atoms with van der Waals surface area (Å²) in [5.41, 5.74) is 0. The molecule has 3 rings (SSSR count). The van der Waals surface area contributed by atoms with Gasteiger partial charge in [-0.1, -0.05) is 18.0 Å². The smallest absolute Gasteiger partial charge is 0.107 e. The highest BCUT2D eigenvalue weighted by molar-refractivity contribution is 9.10. The SMILES string of the molecule is Cl.Clc1sc(CN2CC3CCCC(C2)N3)cc1Br. The van der Waals surface area contributed by atoms with Gasteiger partial charge in [-0.2, -0.15) is 0 Å². The van der Waals surface area contributed by atoms with Crippen LogP contribution in [0.15, 0.2) is 10.5 Å². The van der Waals surface area contributed by atoms with Crippen molar-refractivity contribution in [2.75, 3.05) is 13.1 Å². The minimum Gasteiger partial charge on any atom is -0.309 e. The van der Waals surface area contributed by atoms with Crippen molar-refractivity contribution in [3.8, 4) is 0 Å². The number of piperazine rings is 1. The van der Waals surface area contributed by atoms with Crippen LogP contribution in [0.2, 0.25) is 4.34 Å². The van der Waals surface area contributed by atoms with Crippen LogP contribution in [0.5, 0.6) is 0 Å². The molecule has 0 saturated carbocycles. The van der Waals surface area contributed by atoms with Crippen molar-refractivity contribution in [2.24, 2.45) is 0 Å². The minimum atomic E-state index is 0. The van der Waals surface area contributed by atoms with Gasteiger partial charge in [-0.25, -0.2) is 0 Å². The molecule has 0 radical (unpaired) electrons. The number of rotatable bonds is 2. The van der Waals surface area contributed by atoms with Crippen molar-refractivity contribution in [1.82, 2.24) is 10.2 Å². The number of likely N-dealkylation sites (tertiary alicyclic amines) is 1. The van der Waals surface area contributed by atoms with Crippen molar-refractivity contribution in [2.45, 2.75) is 37.9 Å². The summed E-state index contributed by atoms with van der Waals surface area (Å²) in [6.45, 7) is 3.41. The Morgan fingerprint density at radius 1 is 1.39 bits per heavy atom. The van der Waals surface area contributed by atoms with Crippen molar-refractivity contribution < 1.29 is 0 Å². The molecule has 0 amide bonds. The molecule has 3 heterocycles. The van der Waals surface area contributed by atoms with E-state index in [1.54, 1.807) is 11.3 Å². The topological polar surface area (TPSA) is 15.3 Å². The van der Waals surface area contributed by atoms with Gasteiger partial charge < -0.3 is 5.32 Å². The van der Waals surface area contributed by atoms with Gasteiger partial charge in [0.2, 0.25) is 0 Å². The molecule has 1 aromatic rings. The fourth-order valence-electron chi connectivity index (χ4n) is 2.92. The first-order chi connectivity index (χ1) is 8.20. The van der Waals surface area contributed by atoms with Crippen molar-refractivity contribution >= 4 is 51.3 Å². The molecule has 2 atom stereocenters. The van der Waals surface area contributed by atoms with E-state index < -0.39 is 0 Å². The summed E-state index contributed by atoms with van der Waals surface area (Å²) in [7, 11) is 0. The Balaban J connectivity index is 0.00000120. The standard InChI is InChI=1S/C12H16BrClN2S.ClH/c13-11-4-10(17-12(11)14)7-16-5-8-2-1-3-9(6-16)15-8;/h4,8-9,15H,1-3,5-7H2;1H. The predicted molar refractivity (Wildman–Crippen MR) is 84.1 cm³/mol. The quantitative estimate of drug-likeness (QED) is 0.847. The number of halogens is 3. The van der Waals surface area contributed by atoms with E-state index in [0.29, 0.717) is 12.1 Å². The summed E-state index contributed by atoms with van der Waals surface area (Å²) < 4.78 is 1.91. The van der Waals surface area contributed by atoms with E-state index >= 15 is 0 Å². The normalized spacial score (nSPS) is 27.9. The monoisotopic (exact) mass is 370 g/mol. The number of hydrogen-bond acceptors (Lipinski definition) is 3.